The fourth-order valence-corrected chi connectivity index (χ4v) is 3.17. The number of amides is 1. The molecule has 122 valence electrons. The van der Waals surface area contributed by atoms with Crippen LogP contribution in [0.5, 0.6) is 0 Å². The summed E-state index contributed by atoms with van der Waals surface area (Å²) in [6.07, 6.45) is 0.854. The zero-order chi connectivity index (χ0) is 16.4. The Bertz CT molecular complexity index is 712. The van der Waals surface area contributed by atoms with Crippen LogP contribution in [0.4, 0.5) is 0 Å². The van der Waals surface area contributed by atoms with Gasteiger partial charge in [-0.25, -0.2) is 0 Å². The molecule has 1 unspecified atom stereocenters. The minimum absolute atomic E-state index is 0.191. The van der Waals surface area contributed by atoms with E-state index >= 15 is 0 Å². The van der Waals surface area contributed by atoms with Crippen LogP contribution in [-0.4, -0.2) is 58.1 Å². The number of pyridine rings is 1. The van der Waals surface area contributed by atoms with E-state index in [1.165, 1.54) is 6.92 Å². The summed E-state index contributed by atoms with van der Waals surface area (Å²) in [4.78, 5) is 20.3. The number of carbonyl (C=O) groups excluding carboxylic acids is 1. The third-order valence-electron chi connectivity index (χ3n) is 4.24. The molecule has 5 nitrogen and oxygen atoms in total. The van der Waals surface area contributed by atoms with E-state index < -0.39 is 6.10 Å². The maximum Gasteiger partial charge on any atom is 0.251 e. The molecule has 0 bridgehead atoms. The Morgan fingerprint density at radius 1 is 1.30 bits per heavy atom. The van der Waals surface area contributed by atoms with Crippen molar-refractivity contribution in [2.24, 2.45) is 0 Å². The molecular weight excluding hydrogens is 314 g/mol. The van der Waals surface area contributed by atoms with E-state index in [-0.39, 0.29) is 5.91 Å². The van der Waals surface area contributed by atoms with Crippen molar-refractivity contribution in [2.45, 2.75) is 19.6 Å². The molecule has 1 N–H and O–H groups in total. The Kier molecular flexibility index (Phi) is 4.80. The summed E-state index contributed by atoms with van der Waals surface area (Å²) in [6.45, 7) is 5.15. The van der Waals surface area contributed by atoms with Gasteiger partial charge in [0.1, 0.15) is 6.10 Å². The Hall–Kier alpha value is -1.69. The highest BCUT2D eigenvalue weighted by Crippen LogP contribution is 2.25. The molecule has 1 aliphatic rings. The topological polar surface area (TPSA) is 56.7 Å². The van der Waals surface area contributed by atoms with Crippen molar-refractivity contribution in [3.8, 4) is 0 Å². The van der Waals surface area contributed by atoms with Crippen molar-refractivity contribution in [3.63, 3.8) is 0 Å². The number of halogens is 1. The summed E-state index contributed by atoms with van der Waals surface area (Å²) in [7, 11) is 0. The fraction of sp³-hybridized carbons (Fsp3) is 0.412. The van der Waals surface area contributed by atoms with Gasteiger partial charge >= 0.3 is 0 Å². The number of aliphatic hydroxyl groups is 1. The number of hydrogen-bond acceptors (Lipinski definition) is 4. The lowest BCUT2D eigenvalue weighted by Crippen LogP contribution is -2.50. The predicted octanol–water partition coefficient (Wildman–Crippen LogP) is 1.91. The molecule has 0 saturated carbocycles. The van der Waals surface area contributed by atoms with E-state index in [1.54, 1.807) is 11.1 Å². The normalized spacial score (nSPS) is 17.4. The van der Waals surface area contributed by atoms with E-state index in [0.717, 1.165) is 36.1 Å². The van der Waals surface area contributed by atoms with Gasteiger partial charge < -0.3 is 10.0 Å². The number of carbonyl (C=O) groups is 1. The Balaban J connectivity index is 1.70. The maximum absolute atomic E-state index is 11.8. The van der Waals surface area contributed by atoms with Gasteiger partial charge in [-0.2, -0.15) is 0 Å². The van der Waals surface area contributed by atoms with Crippen molar-refractivity contribution >= 4 is 28.4 Å². The lowest BCUT2D eigenvalue weighted by atomic mass is 10.1. The van der Waals surface area contributed by atoms with Crippen LogP contribution in [0.25, 0.3) is 10.9 Å². The highest BCUT2D eigenvalue weighted by molar-refractivity contribution is 6.35. The highest BCUT2D eigenvalue weighted by Gasteiger charge is 2.24. The molecule has 6 heteroatoms. The first-order valence-corrected chi connectivity index (χ1v) is 8.15. The number of benzene rings is 1. The van der Waals surface area contributed by atoms with Gasteiger partial charge in [-0.1, -0.05) is 17.7 Å². The van der Waals surface area contributed by atoms with Crippen molar-refractivity contribution in [1.29, 1.82) is 0 Å². The minimum Gasteiger partial charge on any atom is -0.384 e. The van der Waals surface area contributed by atoms with Crippen LogP contribution in [0.1, 0.15) is 12.5 Å². The second-order valence-corrected chi connectivity index (χ2v) is 6.29. The predicted molar refractivity (Wildman–Crippen MR) is 90.3 cm³/mol. The number of aromatic nitrogens is 1. The average Bonchev–Trinajstić information content (AvgIpc) is 2.57. The summed E-state index contributed by atoms with van der Waals surface area (Å²) >= 11 is 6.23. The Morgan fingerprint density at radius 2 is 2.04 bits per heavy atom. The van der Waals surface area contributed by atoms with Crippen LogP contribution >= 0.6 is 11.6 Å². The summed E-state index contributed by atoms with van der Waals surface area (Å²) in [5.41, 5.74) is 2.07. The molecule has 2 aromatic rings. The number of aliphatic hydroxyl groups excluding tert-OH is 1. The lowest BCUT2D eigenvalue weighted by Gasteiger charge is -2.35. The molecule has 1 amide bonds. The molecular formula is C17H20ClN3O2. The van der Waals surface area contributed by atoms with Crippen molar-refractivity contribution in [1.82, 2.24) is 14.8 Å². The molecule has 1 saturated heterocycles. The number of nitrogens with zero attached hydrogens (tertiary/aromatic N) is 3. The van der Waals surface area contributed by atoms with E-state index in [1.807, 2.05) is 24.3 Å². The van der Waals surface area contributed by atoms with Gasteiger partial charge in [-0.3, -0.25) is 14.7 Å². The molecule has 1 atom stereocenters. The van der Waals surface area contributed by atoms with Gasteiger partial charge in [0.15, 0.2) is 0 Å². The SMILES string of the molecule is CC(O)C(=O)N1CCN(Cc2ccc(Cl)c3cccnc23)CC1. The van der Waals surface area contributed by atoms with Crippen molar-refractivity contribution in [3.05, 3.63) is 41.0 Å². The molecule has 1 aliphatic heterocycles. The minimum atomic E-state index is -0.925. The monoisotopic (exact) mass is 333 g/mol. The van der Waals surface area contributed by atoms with E-state index in [0.29, 0.717) is 18.1 Å². The van der Waals surface area contributed by atoms with E-state index in [4.69, 9.17) is 11.6 Å². The van der Waals surface area contributed by atoms with Crippen LogP contribution in [0.2, 0.25) is 5.02 Å². The summed E-state index contributed by atoms with van der Waals surface area (Å²) in [5, 5.41) is 11.1. The van der Waals surface area contributed by atoms with Gasteiger partial charge in [0.05, 0.1) is 5.52 Å². The quantitative estimate of drug-likeness (QED) is 0.932. The molecule has 0 radical (unpaired) electrons. The lowest BCUT2D eigenvalue weighted by molar-refractivity contribution is -0.141. The number of rotatable bonds is 3. The first kappa shape index (κ1) is 16.2. The van der Waals surface area contributed by atoms with Gasteiger partial charge in [0.25, 0.3) is 5.91 Å². The van der Waals surface area contributed by atoms with E-state index in [2.05, 4.69) is 9.88 Å². The molecule has 1 aromatic carbocycles. The Morgan fingerprint density at radius 3 is 2.74 bits per heavy atom. The highest BCUT2D eigenvalue weighted by atomic mass is 35.5. The van der Waals surface area contributed by atoms with Crippen molar-refractivity contribution < 1.29 is 9.90 Å². The summed E-state index contributed by atoms with van der Waals surface area (Å²) in [5.74, 6) is -0.191. The van der Waals surface area contributed by atoms with E-state index in [9.17, 15) is 9.90 Å². The van der Waals surface area contributed by atoms with Crippen LogP contribution in [0.3, 0.4) is 0 Å². The van der Waals surface area contributed by atoms with Gasteiger partial charge in [0, 0.05) is 49.3 Å². The number of fused-ring (bicyclic) bond motifs is 1. The van der Waals surface area contributed by atoms with Crippen LogP contribution < -0.4 is 0 Å². The second-order valence-electron chi connectivity index (χ2n) is 5.88. The maximum atomic E-state index is 11.8. The smallest absolute Gasteiger partial charge is 0.251 e. The molecule has 0 spiro atoms. The summed E-state index contributed by atoms with van der Waals surface area (Å²) in [6, 6.07) is 7.80. The fourth-order valence-electron chi connectivity index (χ4n) is 2.96. The van der Waals surface area contributed by atoms with Gasteiger partial charge in [0.2, 0.25) is 0 Å². The van der Waals surface area contributed by atoms with Gasteiger partial charge in [-0.15, -0.1) is 0 Å². The molecule has 1 aromatic heterocycles. The van der Waals surface area contributed by atoms with Crippen molar-refractivity contribution in [2.75, 3.05) is 26.2 Å². The second kappa shape index (κ2) is 6.83. The number of piperazine rings is 1. The summed E-state index contributed by atoms with van der Waals surface area (Å²) < 4.78 is 0. The largest absolute Gasteiger partial charge is 0.384 e. The molecule has 1 fully saturated rings. The molecule has 3 rings (SSSR count). The molecule has 23 heavy (non-hydrogen) atoms. The Labute approximate surface area is 140 Å². The third kappa shape index (κ3) is 3.47. The molecule has 0 aliphatic carbocycles. The zero-order valence-electron chi connectivity index (χ0n) is 13.1. The third-order valence-corrected chi connectivity index (χ3v) is 4.56. The zero-order valence-corrected chi connectivity index (χ0v) is 13.8. The van der Waals surface area contributed by atoms with Crippen LogP contribution in [-0.2, 0) is 11.3 Å². The first-order chi connectivity index (χ1) is 11.1. The number of hydrogen-bond donors (Lipinski definition) is 1. The standard InChI is InChI=1S/C17H20ClN3O2/c1-12(22)17(23)21-9-7-20(8-10-21)11-13-4-5-15(18)14-3-2-6-19-16(13)14/h2-6,12,22H,7-11H2,1H3. The average molecular weight is 334 g/mol. The first-order valence-electron chi connectivity index (χ1n) is 7.77. The molecule has 2 heterocycles. The van der Waals surface area contributed by atoms with Crippen LogP contribution in [0, 0.1) is 0 Å². The van der Waals surface area contributed by atoms with Gasteiger partial charge in [-0.05, 0) is 30.7 Å². The van der Waals surface area contributed by atoms with Crippen LogP contribution in [0.15, 0.2) is 30.5 Å².